The van der Waals surface area contributed by atoms with Crippen LogP contribution < -0.4 is 10.6 Å². The number of nitrogens with one attached hydrogen (secondary N) is 2. The first-order valence-corrected chi connectivity index (χ1v) is 6.84. The number of hydrogen-bond acceptors (Lipinski definition) is 3. The van der Waals surface area contributed by atoms with Gasteiger partial charge in [-0.1, -0.05) is 24.3 Å². The third-order valence-electron chi connectivity index (χ3n) is 3.22. The molecule has 0 bridgehead atoms. The maximum absolute atomic E-state index is 13.4. The Hall–Kier alpha value is -2.87. The first-order chi connectivity index (χ1) is 11.4. The zero-order chi connectivity index (χ0) is 17.7. The smallest absolute Gasteiger partial charge is 0.313 e. The topological polar surface area (TPSA) is 78.4 Å². The molecule has 0 fully saturated rings. The summed E-state index contributed by atoms with van der Waals surface area (Å²) in [5.74, 6) is -7.07. The number of benzene rings is 2. The minimum Gasteiger partial charge on any atom is -0.392 e. The maximum atomic E-state index is 13.4. The standard InChI is InChI=1S/C16H13F3N2O3/c17-11-5-6-12(14(19)13(11)18)21-16(24)15(23)20-7-9-3-1-2-4-10(9)8-22/h1-6,22H,7-8H2,(H,20,23)(H,21,24). The molecule has 24 heavy (non-hydrogen) atoms. The molecule has 5 nitrogen and oxygen atoms in total. The highest BCUT2D eigenvalue weighted by Gasteiger charge is 2.19. The summed E-state index contributed by atoms with van der Waals surface area (Å²) < 4.78 is 39.3. The van der Waals surface area contributed by atoms with Crippen molar-refractivity contribution in [3.63, 3.8) is 0 Å². The van der Waals surface area contributed by atoms with E-state index in [1.54, 1.807) is 24.3 Å². The quantitative estimate of drug-likeness (QED) is 0.588. The number of hydrogen-bond donors (Lipinski definition) is 3. The molecule has 0 aliphatic carbocycles. The molecule has 0 aliphatic rings. The van der Waals surface area contributed by atoms with Crippen LogP contribution in [0.2, 0.25) is 0 Å². The van der Waals surface area contributed by atoms with Crippen LogP contribution >= 0.6 is 0 Å². The van der Waals surface area contributed by atoms with Crippen LogP contribution in [0.4, 0.5) is 18.9 Å². The van der Waals surface area contributed by atoms with Gasteiger partial charge in [0.25, 0.3) is 0 Å². The van der Waals surface area contributed by atoms with Gasteiger partial charge in [0, 0.05) is 6.54 Å². The molecule has 0 unspecified atom stereocenters. The summed E-state index contributed by atoms with van der Waals surface area (Å²) in [5, 5.41) is 13.3. The van der Waals surface area contributed by atoms with Crippen LogP contribution in [0, 0.1) is 17.5 Å². The van der Waals surface area contributed by atoms with Gasteiger partial charge in [-0.05, 0) is 23.3 Å². The van der Waals surface area contributed by atoms with Crippen molar-refractivity contribution >= 4 is 17.5 Å². The summed E-state index contributed by atoms with van der Waals surface area (Å²) in [4.78, 5) is 23.4. The third-order valence-corrected chi connectivity index (χ3v) is 3.22. The lowest BCUT2D eigenvalue weighted by atomic mass is 10.1. The highest BCUT2D eigenvalue weighted by atomic mass is 19.2. The van der Waals surface area contributed by atoms with Gasteiger partial charge in [-0.3, -0.25) is 9.59 Å². The lowest BCUT2D eigenvalue weighted by Gasteiger charge is -2.10. The molecule has 0 heterocycles. The van der Waals surface area contributed by atoms with Crippen molar-refractivity contribution < 1.29 is 27.9 Å². The molecule has 0 aliphatic heterocycles. The van der Waals surface area contributed by atoms with E-state index in [0.29, 0.717) is 17.2 Å². The van der Waals surface area contributed by atoms with Crippen LogP contribution in [0.25, 0.3) is 0 Å². The maximum Gasteiger partial charge on any atom is 0.313 e. The number of anilines is 1. The second-order valence-corrected chi connectivity index (χ2v) is 4.79. The van der Waals surface area contributed by atoms with Gasteiger partial charge in [-0.25, -0.2) is 13.2 Å². The van der Waals surface area contributed by atoms with Crippen LogP contribution in [-0.2, 0) is 22.7 Å². The largest absolute Gasteiger partial charge is 0.392 e. The Balaban J connectivity index is 2.00. The highest BCUT2D eigenvalue weighted by Crippen LogP contribution is 2.19. The number of amides is 2. The summed E-state index contributed by atoms with van der Waals surface area (Å²) in [6, 6.07) is 8.13. The van der Waals surface area contributed by atoms with E-state index in [2.05, 4.69) is 5.32 Å². The van der Waals surface area contributed by atoms with Gasteiger partial charge in [0.1, 0.15) is 0 Å². The SMILES string of the molecule is O=C(NCc1ccccc1CO)C(=O)Nc1ccc(F)c(F)c1F. The first kappa shape index (κ1) is 17.5. The summed E-state index contributed by atoms with van der Waals surface area (Å²) >= 11 is 0. The average Bonchev–Trinajstić information content (AvgIpc) is 2.60. The van der Waals surface area contributed by atoms with E-state index in [4.69, 9.17) is 5.11 Å². The minimum absolute atomic E-state index is 0.0384. The van der Waals surface area contributed by atoms with Gasteiger partial charge in [0.15, 0.2) is 17.5 Å². The van der Waals surface area contributed by atoms with Crippen LogP contribution in [-0.4, -0.2) is 16.9 Å². The summed E-state index contributed by atoms with van der Waals surface area (Å²) in [7, 11) is 0. The van der Waals surface area contributed by atoms with Crippen LogP contribution in [0.15, 0.2) is 36.4 Å². The highest BCUT2D eigenvalue weighted by molar-refractivity contribution is 6.39. The molecule has 0 radical (unpaired) electrons. The van der Waals surface area contributed by atoms with Gasteiger partial charge in [0.05, 0.1) is 12.3 Å². The fourth-order valence-corrected chi connectivity index (χ4v) is 1.94. The van der Waals surface area contributed by atoms with E-state index in [9.17, 15) is 22.8 Å². The number of rotatable bonds is 4. The molecular weight excluding hydrogens is 325 g/mol. The average molecular weight is 338 g/mol. The van der Waals surface area contributed by atoms with Crippen molar-refractivity contribution in [3.8, 4) is 0 Å². The molecular formula is C16H13F3N2O3. The minimum atomic E-state index is -1.75. The van der Waals surface area contributed by atoms with E-state index < -0.39 is 35.0 Å². The normalized spacial score (nSPS) is 10.3. The molecule has 0 spiro atoms. The Morgan fingerprint density at radius 2 is 1.58 bits per heavy atom. The molecule has 3 N–H and O–H groups in total. The Morgan fingerprint density at radius 1 is 0.917 bits per heavy atom. The predicted molar refractivity (Wildman–Crippen MR) is 79.2 cm³/mol. The molecule has 2 rings (SSSR count). The summed E-state index contributed by atoms with van der Waals surface area (Å²) in [6.45, 7) is -0.276. The lowest BCUT2D eigenvalue weighted by Crippen LogP contribution is -2.35. The lowest BCUT2D eigenvalue weighted by molar-refractivity contribution is -0.136. The van der Waals surface area contributed by atoms with Gasteiger partial charge in [-0.15, -0.1) is 0 Å². The van der Waals surface area contributed by atoms with Gasteiger partial charge in [-0.2, -0.15) is 0 Å². The van der Waals surface area contributed by atoms with E-state index in [0.717, 1.165) is 6.07 Å². The van der Waals surface area contributed by atoms with E-state index in [1.807, 2.05) is 5.32 Å². The van der Waals surface area contributed by atoms with Crippen LogP contribution in [0.1, 0.15) is 11.1 Å². The fourth-order valence-electron chi connectivity index (χ4n) is 1.94. The predicted octanol–water partition coefficient (Wildman–Crippen LogP) is 1.85. The van der Waals surface area contributed by atoms with E-state index in [-0.39, 0.29) is 13.2 Å². The van der Waals surface area contributed by atoms with Gasteiger partial charge in [0.2, 0.25) is 0 Å². The van der Waals surface area contributed by atoms with E-state index in [1.165, 1.54) is 0 Å². The number of aliphatic hydroxyl groups excluding tert-OH is 1. The van der Waals surface area contributed by atoms with Gasteiger partial charge >= 0.3 is 11.8 Å². The molecule has 2 aromatic rings. The molecule has 0 saturated carbocycles. The van der Waals surface area contributed by atoms with Crippen LogP contribution in [0.3, 0.4) is 0 Å². The van der Waals surface area contributed by atoms with Crippen molar-refractivity contribution in [2.75, 3.05) is 5.32 Å². The summed E-state index contributed by atoms with van der Waals surface area (Å²) in [5.41, 5.74) is 0.523. The zero-order valence-electron chi connectivity index (χ0n) is 12.3. The Labute approximate surface area is 135 Å². The van der Waals surface area contributed by atoms with Crippen molar-refractivity contribution in [1.29, 1.82) is 0 Å². The Bertz CT molecular complexity index is 781. The molecule has 0 atom stereocenters. The van der Waals surface area contributed by atoms with Crippen molar-refractivity contribution in [1.82, 2.24) is 5.32 Å². The molecule has 0 aromatic heterocycles. The molecule has 2 aromatic carbocycles. The fraction of sp³-hybridized carbons (Fsp3) is 0.125. The molecule has 8 heteroatoms. The summed E-state index contributed by atoms with van der Waals surface area (Å²) in [6.07, 6.45) is 0. The second kappa shape index (κ2) is 7.60. The molecule has 126 valence electrons. The van der Waals surface area contributed by atoms with Gasteiger partial charge < -0.3 is 15.7 Å². The number of carbonyl (C=O) groups is 2. The first-order valence-electron chi connectivity index (χ1n) is 6.84. The third kappa shape index (κ3) is 3.90. The van der Waals surface area contributed by atoms with E-state index >= 15 is 0 Å². The zero-order valence-corrected chi connectivity index (χ0v) is 12.3. The van der Waals surface area contributed by atoms with Crippen molar-refractivity contribution in [3.05, 3.63) is 65.0 Å². The number of carbonyl (C=O) groups excluding carboxylic acids is 2. The Morgan fingerprint density at radius 3 is 2.25 bits per heavy atom. The Kier molecular flexibility index (Phi) is 5.54. The molecule has 0 saturated heterocycles. The monoisotopic (exact) mass is 338 g/mol. The van der Waals surface area contributed by atoms with Crippen LogP contribution in [0.5, 0.6) is 0 Å². The number of halogens is 3. The second-order valence-electron chi connectivity index (χ2n) is 4.79. The van der Waals surface area contributed by atoms with Crippen molar-refractivity contribution in [2.24, 2.45) is 0 Å². The van der Waals surface area contributed by atoms with Crippen molar-refractivity contribution in [2.45, 2.75) is 13.2 Å². The number of aliphatic hydroxyl groups is 1. The molecule has 2 amide bonds.